The zero-order chi connectivity index (χ0) is 10.7. The van der Waals surface area contributed by atoms with Crippen molar-refractivity contribution in [3.63, 3.8) is 0 Å². The Morgan fingerprint density at radius 1 is 1.27 bits per heavy atom. The molecular formula is C10H14N4O. The summed E-state index contributed by atoms with van der Waals surface area (Å²) in [5, 5.41) is 0. The topological polar surface area (TPSA) is 49.3 Å². The molecule has 0 bridgehead atoms. The Morgan fingerprint density at radius 2 is 2.00 bits per heavy atom. The predicted molar refractivity (Wildman–Crippen MR) is 56.5 cm³/mol. The molecule has 1 aliphatic heterocycles. The van der Waals surface area contributed by atoms with E-state index in [1.807, 2.05) is 4.90 Å². The lowest BCUT2D eigenvalue weighted by Crippen LogP contribution is -2.48. The fourth-order valence-corrected chi connectivity index (χ4v) is 1.70. The molecule has 1 amide bonds. The molecule has 80 valence electrons. The molecule has 2 heterocycles. The number of aromatic nitrogens is 2. The minimum absolute atomic E-state index is 0.147. The van der Waals surface area contributed by atoms with E-state index in [1.165, 1.54) is 0 Å². The van der Waals surface area contributed by atoms with Crippen molar-refractivity contribution in [1.82, 2.24) is 14.9 Å². The van der Waals surface area contributed by atoms with E-state index in [0.717, 1.165) is 32.0 Å². The summed E-state index contributed by atoms with van der Waals surface area (Å²) in [5.74, 6) is 1.04. The van der Waals surface area contributed by atoms with Crippen LogP contribution in [0.1, 0.15) is 6.92 Å². The van der Waals surface area contributed by atoms with Gasteiger partial charge in [0, 0.05) is 45.5 Å². The summed E-state index contributed by atoms with van der Waals surface area (Å²) in [6.45, 7) is 4.81. The number of piperazine rings is 1. The second-order valence-corrected chi connectivity index (χ2v) is 3.56. The van der Waals surface area contributed by atoms with Gasteiger partial charge in [0.15, 0.2) is 0 Å². The standard InChI is InChI=1S/C10H14N4O/c1-9(15)13-4-6-14(7-5-13)10-8-11-2-3-12-10/h2-3,8H,4-7H2,1H3. The molecule has 1 aromatic heterocycles. The first kappa shape index (κ1) is 9.89. The number of hydrogen-bond donors (Lipinski definition) is 0. The molecule has 0 saturated carbocycles. The van der Waals surface area contributed by atoms with Crippen molar-refractivity contribution >= 4 is 11.7 Å². The van der Waals surface area contributed by atoms with E-state index in [0.29, 0.717) is 0 Å². The largest absolute Gasteiger partial charge is 0.352 e. The number of carbonyl (C=O) groups excluding carboxylic acids is 1. The molecule has 0 radical (unpaired) electrons. The summed E-state index contributed by atoms with van der Waals surface area (Å²) in [6.07, 6.45) is 5.10. The molecular weight excluding hydrogens is 192 g/mol. The molecule has 1 saturated heterocycles. The van der Waals surface area contributed by atoms with Gasteiger partial charge in [-0.25, -0.2) is 4.98 Å². The molecule has 1 fully saturated rings. The van der Waals surface area contributed by atoms with Crippen molar-refractivity contribution in [1.29, 1.82) is 0 Å². The van der Waals surface area contributed by atoms with Crippen molar-refractivity contribution < 1.29 is 4.79 Å². The minimum Gasteiger partial charge on any atom is -0.352 e. The van der Waals surface area contributed by atoms with Gasteiger partial charge in [0.1, 0.15) is 5.82 Å². The van der Waals surface area contributed by atoms with E-state index < -0.39 is 0 Å². The Hall–Kier alpha value is -1.65. The molecule has 5 nitrogen and oxygen atoms in total. The van der Waals surface area contributed by atoms with Gasteiger partial charge in [0.2, 0.25) is 5.91 Å². The van der Waals surface area contributed by atoms with E-state index in [4.69, 9.17) is 0 Å². The highest BCUT2D eigenvalue weighted by Gasteiger charge is 2.19. The molecule has 2 rings (SSSR count). The van der Waals surface area contributed by atoms with Gasteiger partial charge in [-0.15, -0.1) is 0 Å². The van der Waals surface area contributed by atoms with E-state index >= 15 is 0 Å². The molecule has 0 spiro atoms. The predicted octanol–water partition coefficient (Wildman–Crippen LogP) is 0.145. The van der Waals surface area contributed by atoms with Crippen molar-refractivity contribution in [3.8, 4) is 0 Å². The van der Waals surface area contributed by atoms with Crippen LogP contribution in [-0.2, 0) is 4.79 Å². The molecule has 0 aromatic carbocycles. The lowest BCUT2D eigenvalue weighted by atomic mass is 10.3. The van der Waals surface area contributed by atoms with Crippen LogP contribution in [0.25, 0.3) is 0 Å². The van der Waals surface area contributed by atoms with Gasteiger partial charge in [-0.1, -0.05) is 0 Å². The average Bonchev–Trinajstić information content (AvgIpc) is 2.30. The molecule has 15 heavy (non-hydrogen) atoms. The van der Waals surface area contributed by atoms with E-state index in [9.17, 15) is 4.79 Å². The quantitative estimate of drug-likeness (QED) is 0.656. The van der Waals surface area contributed by atoms with Gasteiger partial charge < -0.3 is 9.80 Å². The monoisotopic (exact) mass is 206 g/mol. The summed E-state index contributed by atoms with van der Waals surface area (Å²) in [5.41, 5.74) is 0. The molecule has 1 aromatic rings. The van der Waals surface area contributed by atoms with Crippen LogP contribution in [0, 0.1) is 0 Å². The van der Waals surface area contributed by atoms with Crippen LogP contribution in [0.5, 0.6) is 0 Å². The zero-order valence-corrected chi connectivity index (χ0v) is 8.76. The first-order valence-electron chi connectivity index (χ1n) is 5.04. The van der Waals surface area contributed by atoms with E-state index in [2.05, 4.69) is 14.9 Å². The maximum atomic E-state index is 11.1. The lowest BCUT2D eigenvalue weighted by Gasteiger charge is -2.34. The van der Waals surface area contributed by atoms with Gasteiger partial charge in [-0.2, -0.15) is 0 Å². The van der Waals surface area contributed by atoms with Gasteiger partial charge >= 0.3 is 0 Å². The molecule has 5 heteroatoms. The third-order valence-electron chi connectivity index (χ3n) is 2.60. The molecule has 0 atom stereocenters. The van der Waals surface area contributed by atoms with Crippen LogP contribution in [0.3, 0.4) is 0 Å². The zero-order valence-electron chi connectivity index (χ0n) is 8.76. The maximum absolute atomic E-state index is 11.1. The first-order chi connectivity index (χ1) is 7.27. The van der Waals surface area contributed by atoms with Crippen LogP contribution in [0.2, 0.25) is 0 Å². The Kier molecular flexibility index (Phi) is 2.80. The maximum Gasteiger partial charge on any atom is 0.219 e. The fraction of sp³-hybridized carbons (Fsp3) is 0.500. The summed E-state index contributed by atoms with van der Waals surface area (Å²) >= 11 is 0. The smallest absolute Gasteiger partial charge is 0.219 e. The van der Waals surface area contributed by atoms with Crippen LogP contribution in [-0.4, -0.2) is 47.0 Å². The summed E-state index contributed by atoms with van der Waals surface area (Å²) in [4.78, 5) is 23.4. The SMILES string of the molecule is CC(=O)N1CCN(c2cnccn2)CC1. The normalized spacial score (nSPS) is 16.6. The summed E-state index contributed by atoms with van der Waals surface area (Å²) in [6, 6.07) is 0. The fourth-order valence-electron chi connectivity index (χ4n) is 1.70. The third kappa shape index (κ3) is 2.23. The molecule has 0 aliphatic carbocycles. The average molecular weight is 206 g/mol. The van der Waals surface area contributed by atoms with Gasteiger partial charge in [-0.05, 0) is 0 Å². The van der Waals surface area contributed by atoms with Crippen molar-refractivity contribution in [2.24, 2.45) is 0 Å². The highest BCUT2D eigenvalue weighted by molar-refractivity contribution is 5.73. The van der Waals surface area contributed by atoms with Crippen LogP contribution < -0.4 is 4.90 Å². The number of amides is 1. The highest BCUT2D eigenvalue weighted by Crippen LogP contribution is 2.10. The second-order valence-electron chi connectivity index (χ2n) is 3.56. The van der Waals surface area contributed by atoms with Gasteiger partial charge in [0.05, 0.1) is 6.20 Å². The second kappa shape index (κ2) is 4.25. The van der Waals surface area contributed by atoms with E-state index in [-0.39, 0.29) is 5.91 Å². The molecule has 0 N–H and O–H groups in total. The Labute approximate surface area is 88.7 Å². The molecule has 0 unspecified atom stereocenters. The van der Waals surface area contributed by atoms with Crippen molar-refractivity contribution in [2.75, 3.05) is 31.1 Å². The number of hydrogen-bond acceptors (Lipinski definition) is 4. The van der Waals surface area contributed by atoms with Gasteiger partial charge in [-0.3, -0.25) is 9.78 Å². The lowest BCUT2D eigenvalue weighted by molar-refractivity contribution is -0.129. The number of rotatable bonds is 1. The third-order valence-corrected chi connectivity index (χ3v) is 2.60. The highest BCUT2D eigenvalue weighted by atomic mass is 16.2. The van der Waals surface area contributed by atoms with Crippen molar-refractivity contribution in [3.05, 3.63) is 18.6 Å². The van der Waals surface area contributed by atoms with E-state index in [1.54, 1.807) is 25.5 Å². The molecule has 1 aliphatic rings. The van der Waals surface area contributed by atoms with Gasteiger partial charge in [0.25, 0.3) is 0 Å². The Morgan fingerprint density at radius 3 is 2.53 bits per heavy atom. The van der Waals surface area contributed by atoms with Crippen LogP contribution in [0.4, 0.5) is 5.82 Å². The van der Waals surface area contributed by atoms with Crippen LogP contribution >= 0.6 is 0 Å². The van der Waals surface area contributed by atoms with Crippen LogP contribution in [0.15, 0.2) is 18.6 Å². The number of carbonyl (C=O) groups is 1. The summed E-state index contributed by atoms with van der Waals surface area (Å²) < 4.78 is 0. The van der Waals surface area contributed by atoms with Crippen molar-refractivity contribution in [2.45, 2.75) is 6.92 Å². The number of anilines is 1. The first-order valence-corrected chi connectivity index (χ1v) is 5.04. The Bertz CT molecular complexity index is 333. The Balaban J connectivity index is 1.97. The minimum atomic E-state index is 0.147. The summed E-state index contributed by atoms with van der Waals surface area (Å²) in [7, 11) is 0. The number of nitrogens with zero attached hydrogens (tertiary/aromatic N) is 4.